The Kier molecular flexibility index (Phi) is 2.70. The summed E-state index contributed by atoms with van der Waals surface area (Å²) in [4.78, 5) is 3.16. The Labute approximate surface area is 115 Å². The lowest BCUT2D eigenvalue weighted by Crippen LogP contribution is -2.44. The zero-order valence-corrected chi connectivity index (χ0v) is 11.7. The van der Waals surface area contributed by atoms with E-state index >= 15 is 0 Å². The zero-order chi connectivity index (χ0) is 14.5. The number of hydrogen-bond donors (Lipinski definition) is 2. The summed E-state index contributed by atoms with van der Waals surface area (Å²) in [7, 11) is -2.72. The normalized spacial score (nSPS) is 12.2. The number of aryl methyl sites for hydroxylation is 1. The third-order valence-electron chi connectivity index (χ3n) is 3.36. The maximum absolute atomic E-state index is 11.3. The predicted octanol–water partition coefficient (Wildman–Crippen LogP) is 1.58. The van der Waals surface area contributed by atoms with Crippen molar-refractivity contribution < 1.29 is 21.7 Å². The van der Waals surface area contributed by atoms with Gasteiger partial charge in [-0.2, -0.15) is 0 Å². The highest BCUT2D eigenvalue weighted by molar-refractivity contribution is 7.79. The minimum Gasteiger partial charge on any atom is -0.497 e. The second kappa shape index (κ2) is 4.19. The number of benzene rings is 1. The molecule has 2 aromatic heterocycles. The van der Waals surface area contributed by atoms with E-state index in [1.54, 1.807) is 20.1 Å². The van der Waals surface area contributed by atoms with Crippen LogP contribution in [0.15, 0.2) is 30.5 Å². The molecule has 3 aromatic rings. The van der Waals surface area contributed by atoms with Gasteiger partial charge >= 0.3 is 10.3 Å². The van der Waals surface area contributed by atoms with Crippen LogP contribution in [-0.4, -0.2) is 25.1 Å². The zero-order valence-electron chi connectivity index (χ0n) is 10.9. The average Bonchev–Trinajstić information content (AvgIpc) is 2.76. The van der Waals surface area contributed by atoms with Crippen molar-refractivity contribution in [2.75, 3.05) is 7.11 Å². The van der Waals surface area contributed by atoms with E-state index in [0.29, 0.717) is 17.0 Å². The molecular weight excluding hydrogens is 280 g/mol. The van der Waals surface area contributed by atoms with Crippen LogP contribution in [0.4, 0.5) is 0 Å². The highest BCUT2D eigenvalue weighted by Gasteiger charge is 2.24. The van der Waals surface area contributed by atoms with Crippen molar-refractivity contribution in [2.24, 2.45) is 0 Å². The van der Waals surface area contributed by atoms with Gasteiger partial charge in [0.2, 0.25) is 5.69 Å². The number of nitrogens with one attached hydrogen (secondary N) is 1. The molecule has 0 atom stereocenters. The summed E-state index contributed by atoms with van der Waals surface area (Å²) in [6, 6.07) is 7.24. The smallest absolute Gasteiger partial charge is 0.497 e. The van der Waals surface area contributed by atoms with Crippen LogP contribution in [-0.2, 0) is 10.3 Å². The van der Waals surface area contributed by atoms with E-state index in [1.807, 2.05) is 18.2 Å². The van der Waals surface area contributed by atoms with Crippen LogP contribution in [0.25, 0.3) is 21.8 Å². The van der Waals surface area contributed by atoms with Gasteiger partial charge in [-0.3, -0.25) is 0 Å². The van der Waals surface area contributed by atoms with Gasteiger partial charge in [-0.1, -0.05) is 3.97 Å². The first-order valence-corrected chi connectivity index (χ1v) is 7.30. The third-order valence-corrected chi connectivity index (χ3v) is 4.26. The van der Waals surface area contributed by atoms with Crippen LogP contribution < -0.4 is 8.71 Å². The Hall–Kier alpha value is -2.12. The van der Waals surface area contributed by atoms with Crippen molar-refractivity contribution >= 4 is 32.1 Å². The molecule has 0 aliphatic carbocycles. The standard InChI is InChI=1S/C13H12N2O4S/c1-8-13-11(5-6-15(8)20(16,17)18)10-4-3-9(19-2)7-12(10)14-13/h3-7H,1-2H3,(H,16,17,18)/p+1. The predicted molar refractivity (Wildman–Crippen MR) is 74.2 cm³/mol. The van der Waals surface area contributed by atoms with E-state index in [1.165, 1.54) is 6.20 Å². The second-order valence-corrected chi connectivity index (χ2v) is 5.79. The highest BCUT2D eigenvalue weighted by Crippen LogP contribution is 2.28. The number of aromatic amines is 1. The molecule has 104 valence electrons. The molecule has 20 heavy (non-hydrogen) atoms. The number of H-pyrrole nitrogens is 1. The van der Waals surface area contributed by atoms with Crippen molar-refractivity contribution in [1.82, 2.24) is 4.98 Å². The summed E-state index contributed by atoms with van der Waals surface area (Å²) in [5, 5.41) is 1.85. The van der Waals surface area contributed by atoms with E-state index in [4.69, 9.17) is 4.74 Å². The largest absolute Gasteiger partial charge is 0.511 e. The summed E-state index contributed by atoms with van der Waals surface area (Å²) in [5.41, 5.74) is 1.92. The third kappa shape index (κ3) is 1.83. The van der Waals surface area contributed by atoms with E-state index in [0.717, 1.165) is 20.3 Å². The van der Waals surface area contributed by atoms with E-state index in [9.17, 15) is 13.0 Å². The van der Waals surface area contributed by atoms with Crippen molar-refractivity contribution in [2.45, 2.75) is 6.92 Å². The molecule has 0 amide bonds. The number of aromatic nitrogens is 2. The molecular formula is C13H13N2O4S+. The van der Waals surface area contributed by atoms with Gasteiger partial charge in [-0.05, 0) is 12.1 Å². The monoisotopic (exact) mass is 293 g/mol. The molecule has 0 bridgehead atoms. The lowest BCUT2D eigenvalue weighted by Gasteiger charge is -1.98. The number of hydrogen-bond acceptors (Lipinski definition) is 3. The molecule has 3 rings (SSSR count). The van der Waals surface area contributed by atoms with Crippen LogP contribution >= 0.6 is 0 Å². The minimum atomic E-state index is -4.30. The molecule has 0 unspecified atom stereocenters. The van der Waals surface area contributed by atoms with Gasteiger partial charge in [-0.15, -0.1) is 8.42 Å². The number of nitrogens with zero attached hydrogens (tertiary/aromatic N) is 1. The molecule has 0 aliphatic rings. The molecule has 2 N–H and O–H groups in total. The summed E-state index contributed by atoms with van der Waals surface area (Å²) in [6.45, 7) is 1.63. The maximum Gasteiger partial charge on any atom is 0.511 e. The fourth-order valence-electron chi connectivity index (χ4n) is 2.40. The SMILES string of the molecule is COc1ccc2c(c1)[nH]c1c(C)[n+](S(=O)(=O)O)ccc12. The summed E-state index contributed by atoms with van der Waals surface area (Å²) >= 11 is 0. The summed E-state index contributed by atoms with van der Waals surface area (Å²) < 4.78 is 37.8. The first-order valence-electron chi connectivity index (χ1n) is 5.90. The van der Waals surface area contributed by atoms with E-state index in [-0.39, 0.29) is 0 Å². The Morgan fingerprint density at radius 2 is 2.00 bits per heavy atom. The molecule has 2 heterocycles. The van der Waals surface area contributed by atoms with Gasteiger partial charge in [-0.25, -0.2) is 4.55 Å². The summed E-state index contributed by atoms with van der Waals surface area (Å²) in [6.07, 6.45) is 1.34. The summed E-state index contributed by atoms with van der Waals surface area (Å²) in [5.74, 6) is 0.712. The van der Waals surface area contributed by atoms with Gasteiger partial charge in [0.15, 0.2) is 6.20 Å². The van der Waals surface area contributed by atoms with Gasteiger partial charge in [0, 0.05) is 29.8 Å². The van der Waals surface area contributed by atoms with Crippen LogP contribution in [0.2, 0.25) is 0 Å². The fourth-order valence-corrected chi connectivity index (χ4v) is 3.05. The van der Waals surface area contributed by atoms with E-state index in [2.05, 4.69) is 4.98 Å². The first kappa shape index (κ1) is 12.9. The number of rotatable bonds is 2. The molecule has 7 heteroatoms. The number of ether oxygens (including phenoxy) is 1. The molecule has 1 aromatic carbocycles. The molecule has 6 nitrogen and oxygen atoms in total. The van der Waals surface area contributed by atoms with Crippen molar-refractivity contribution in [3.8, 4) is 5.75 Å². The van der Waals surface area contributed by atoms with Gasteiger partial charge in [0.1, 0.15) is 11.3 Å². The topological polar surface area (TPSA) is 83.3 Å². The molecule has 0 saturated carbocycles. The molecule has 0 saturated heterocycles. The Bertz CT molecular complexity index is 928. The van der Waals surface area contributed by atoms with Crippen molar-refractivity contribution in [3.63, 3.8) is 0 Å². The molecule has 0 spiro atoms. The van der Waals surface area contributed by atoms with Crippen LogP contribution in [0.1, 0.15) is 5.69 Å². The van der Waals surface area contributed by atoms with Crippen molar-refractivity contribution in [3.05, 3.63) is 36.2 Å². The van der Waals surface area contributed by atoms with Gasteiger partial charge in [0.05, 0.1) is 12.6 Å². The lowest BCUT2D eigenvalue weighted by atomic mass is 10.1. The Balaban J connectivity index is 2.41. The first-order chi connectivity index (χ1) is 9.41. The van der Waals surface area contributed by atoms with Gasteiger partial charge < -0.3 is 9.72 Å². The molecule has 0 aliphatic heterocycles. The van der Waals surface area contributed by atoms with Gasteiger partial charge in [0.25, 0.3) is 0 Å². The fraction of sp³-hybridized carbons (Fsp3) is 0.154. The van der Waals surface area contributed by atoms with Crippen LogP contribution in [0.5, 0.6) is 5.75 Å². The number of fused-ring (bicyclic) bond motifs is 3. The van der Waals surface area contributed by atoms with Crippen LogP contribution in [0.3, 0.4) is 0 Å². The van der Waals surface area contributed by atoms with Crippen molar-refractivity contribution in [1.29, 1.82) is 0 Å². The Morgan fingerprint density at radius 3 is 2.65 bits per heavy atom. The number of methoxy groups -OCH3 is 1. The minimum absolute atomic E-state index is 0.417. The lowest BCUT2D eigenvalue weighted by molar-refractivity contribution is -0.525. The molecule has 0 fully saturated rings. The molecule has 0 radical (unpaired) electrons. The quantitative estimate of drug-likeness (QED) is 0.555. The van der Waals surface area contributed by atoms with Crippen LogP contribution in [0, 0.1) is 6.92 Å². The average molecular weight is 293 g/mol. The van der Waals surface area contributed by atoms with E-state index < -0.39 is 10.3 Å². The number of pyridine rings is 1. The maximum atomic E-state index is 11.3. The second-order valence-electron chi connectivity index (χ2n) is 4.50. The highest BCUT2D eigenvalue weighted by atomic mass is 32.2. The Morgan fingerprint density at radius 1 is 1.25 bits per heavy atom.